The highest BCUT2D eigenvalue weighted by atomic mass is 19.2. The van der Waals surface area contributed by atoms with Crippen LogP contribution in [-0.4, -0.2) is 24.5 Å². The lowest BCUT2D eigenvalue weighted by molar-refractivity contribution is 0.0950. The quantitative estimate of drug-likeness (QED) is 0.680. The zero-order valence-electron chi connectivity index (χ0n) is 12.6. The van der Waals surface area contributed by atoms with Crippen molar-refractivity contribution in [1.29, 1.82) is 0 Å². The van der Waals surface area contributed by atoms with Crippen LogP contribution in [0, 0.1) is 17.5 Å². The van der Waals surface area contributed by atoms with Crippen LogP contribution in [-0.2, 0) is 0 Å². The molecule has 1 atom stereocenters. The fourth-order valence-corrected chi connectivity index (χ4v) is 3.45. The van der Waals surface area contributed by atoms with Gasteiger partial charge in [0.15, 0.2) is 17.5 Å². The molecular weight excluding hydrogens is 277 g/mol. The van der Waals surface area contributed by atoms with Crippen molar-refractivity contribution in [2.45, 2.75) is 50.1 Å². The van der Waals surface area contributed by atoms with Crippen LogP contribution in [0.15, 0.2) is 12.1 Å². The summed E-state index contributed by atoms with van der Waals surface area (Å²) in [6.07, 6.45) is 5.94. The number of halogens is 3. The van der Waals surface area contributed by atoms with Crippen molar-refractivity contribution < 1.29 is 13.2 Å². The van der Waals surface area contributed by atoms with Crippen LogP contribution in [0.1, 0.15) is 50.1 Å². The molecule has 2 nitrogen and oxygen atoms in total. The second-order valence-corrected chi connectivity index (χ2v) is 6.15. The molecule has 2 N–H and O–H groups in total. The SMILES string of the molecule is CN(C)C1(C(N)c2ccc(F)c(F)c2F)CCCCCC1. The van der Waals surface area contributed by atoms with Gasteiger partial charge in [0.25, 0.3) is 0 Å². The van der Waals surface area contributed by atoms with Crippen molar-refractivity contribution >= 4 is 0 Å². The number of rotatable bonds is 3. The molecule has 0 radical (unpaired) electrons. The first-order chi connectivity index (χ1) is 9.90. The molecule has 0 aliphatic heterocycles. The van der Waals surface area contributed by atoms with Crippen molar-refractivity contribution in [3.8, 4) is 0 Å². The third-order valence-corrected chi connectivity index (χ3v) is 4.84. The van der Waals surface area contributed by atoms with Gasteiger partial charge >= 0.3 is 0 Å². The Morgan fingerprint density at radius 3 is 2.10 bits per heavy atom. The Hall–Kier alpha value is -1.07. The summed E-state index contributed by atoms with van der Waals surface area (Å²) in [5, 5.41) is 0. The topological polar surface area (TPSA) is 29.3 Å². The van der Waals surface area contributed by atoms with Crippen LogP contribution in [0.25, 0.3) is 0 Å². The minimum absolute atomic E-state index is 0.0597. The maximum Gasteiger partial charge on any atom is 0.194 e. The van der Waals surface area contributed by atoms with E-state index in [0.717, 1.165) is 44.6 Å². The van der Waals surface area contributed by atoms with E-state index in [-0.39, 0.29) is 5.56 Å². The van der Waals surface area contributed by atoms with Crippen LogP contribution in [0.3, 0.4) is 0 Å². The summed E-state index contributed by atoms with van der Waals surface area (Å²) in [7, 11) is 3.84. The van der Waals surface area contributed by atoms with Crippen LogP contribution < -0.4 is 5.73 Å². The number of likely N-dealkylation sites (N-methyl/N-ethyl adjacent to an activating group) is 1. The van der Waals surface area contributed by atoms with Crippen LogP contribution >= 0.6 is 0 Å². The molecule has 21 heavy (non-hydrogen) atoms. The van der Waals surface area contributed by atoms with Gasteiger partial charge in [-0.1, -0.05) is 31.7 Å². The number of nitrogens with two attached hydrogens (primary N) is 1. The molecule has 0 aromatic heterocycles. The monoisotopic (exact) mass is 300 g/mol. The van der Waals surface area contributed by atoms with Crippen LogP contribution in [0.4, 0.5) is 13.2 Å². The number of hydrogen-bond donors (Lipinski definition) is 1. The zero-order chi connectivity index (χ0) is 15.6. The molecule has 0 heterocycles. The van der Waals surface area contributed by atoms with E-state index in [1.807, 2.05) is 19.0 Å². The van der Waals surface area contributed by atoms with Gasteiger partial charge in [0.05, 0.1) is 6.04 Å². The first kappa shape index (κ1) is 16.3. The van der Waals surface area contributed by atoms with Crippen molar-refractivity contribution in [1.82, 2.24) is 4.90 Å². The normalized spacial score (nSPS) is 20.3. The molecule has 0 saturated heterocycles. The summed E-state index contributed by atoms with van der Waals surface area (Å²) in [4.78, 5) is 2.02. The van der Waals surface area contributed by atoms with E-state index in [1.165, 1.54) is 6.07 Å². The molecule has 1 aliphatic carbocycles. The highest BCUT2D eigenvalue weighted by Crippen LogP contribution is 2.40. The average molecular weight is 300 g/mol. The molecule has 1 aromatic rings. The van der Waals surface area contributed by atoms with Crippen molar-refractivity contribution in [2.24, 2.45) is 5.73 Å². The van der Waals surface area contributed by atoms with Crippen molar-refractivity contribution in [3.63, 3.8) is 0 Å². The van der Waals surface area contributed by atoms with E-state index >= 15 is 0 Å². The molecule has 1 unspecified atom stereocenters. The molecule has 0 spiro atoms. The molecular formula is C16H23F3N2. The number of benzene rings is 1. The third kappa shape index (κ3) is 2.94. The molecule has 0 bridgehead atoms. The van der Waals surface area contributed by atoms with E-state index in [9.17, 15) is 13.2 Å². The Kier molecular flexibility index (Phi) is 4.94. The predicted molar refractivity (Wildman–Crippen MR) is 77.4 cm³/mol. The first-order valence-corrected chi connectivity index (χ1v) is 7.46. The molecule has 1 aliphatic rings. The standard InChI is InChI=1S/C16H23F3N2/c1-21(2)16(9-5-3-4-6-10-16)15(20)11-7-8-12(17)14(19)13(11)18/h7-8,15H,3-6,9-10,20H2,1-2H3. The van der Waals surface area contributed by atoms with E-state index in [4.69, 9.17) is 5.73 Å². The molecule has 1 fully saturated rings. The van der Waals surface area contributed by atoms with Crippen LogP contribution in [0.2, 0.25) is 0 Å². The second kappa shape index (κ2) is 6.36. The smallest absolute Gasteiger partial charge is 0.194 e. The van der Waals surface area contributed by atoms with Gasteiger partial charge < -0.3 is 10.6 Å². The minimum atomic E-state index is -1.44. The number of nitrogens with zero attached hydrogens (tertiary/aromatic N) is 1. The summed E-state index contributed by atoms with van der Waals surface area (Å²) in [5.74, 6) is -3.78. The average Bonchev–Trinajstić information content (AvgIpc) is 2.71. The van der Waals surface area contributed by atoms with E-state index in [2.05, 4.69) is 0 Å². The summed E-state index contributed by atoms with van der Waals surface area (Å²) in [6.45, 7) is 0. The summed E-state index contributed by atoms with van der Waals surface area (Å²) in [5.41, 5.74) is 5.97. The Morgan fingerprint density at radius 1 is 1.00 bits per heavy atom. The van der Waals surface area contributed by atoms with Crippen molar-refractivity contribution in [2.75, 3.05) is 14.1 Å². The Morgan fingerprint density at radius 2 is 1.57 bits per heavy atom. The lowest BCUT2D eigenvalue weighted by Gasteiger charge is -2.44. The van der Waals surface area contributed by atoms with E-state index in [1.54, 1.807) is 0 Å². The molecule has 0 amide bonds. The minimum Gasteiger partial charge on any atom is -0.322 e. The van der Waals surface area contributed by atoms with Gasteiger partial charge in [-0.05, 0) is 33.0 Å². The first-order valence-electron chi connectivity index (χ1n) is 7.46. The largest absolute Gasteiger partial charge is 0.322 e. The van der Waals surface area contributed by atoms with Gasteiger partial charge in [-0.2, -0.15) is 0 Å². The van der Waals surface area contributed by atoms with E-state index < -0.39 is 29.0 Å². The Bertz CT molecular complexity index is 495. The molecule has 1 saturated carbocycles. The fourth-order valence-electron chi connectivity index (χ4n) is 3.45. The number of hydrogen-bond acceptors (Lipinski definition) is 2. The predicted octanol–water partition coefficient (Wildman–Crippen LogP) is 3.76. The van der Waals surface area contributed by atoms with Gasteiger partial charge in [-0.3, -0.25) is 0 Å². The van der Waals surface area contributed by atoms with Gasteiger partial charge in [0.1, 0.15) is 0 Å². The molecule has 2 rings (SSSR count). The van der Waals surface area contributed by atoms with Gasteiger partial charge in [-0.25, -0.2) is 13.2 Å². The lowest BCUT2D eigenvalue weighted by Crippen LogP contribution is -2.52. The summed E-state index contributed by atoms with van der Waals surface area (Å²) >= 11 is 0. The highest BCUT2D eigenvalue weighted by molar-refractivity contribution is 5.27. The highest BCUT2D eigenvalue weighted by Gasteiger charge is 2.41. The summed E-state index contributed by atoms with van der Waals surface area (Å²) < 4.78 is 40.7. The van der Waals surface area contributed by atoms with Gasteiger partial charge in [0.2, 0.25) is 0 Å². The third-order valence-electron chi connectivity index (χ3n) is 4.84. The van der Waals surface area contributed by atoms with Crippen molar-refractivity contribution in [3.05, 3.63) is 35.1 Å². The fraction of sp³-hybridized carbons (Fsp3) is 0.625. The molecule has 1 aromatic carbocycles. The van der Waals surface area contributed by atoms with Gasteiger partial charge in [0, 0.05) is 11.1 Å². The molecule has 118 valence electrons. The Balaban J connectivity index is 2.43. The maximum atomic E-state index is 14.1. The van der Waals surface area contributed by atoms with Crippen LogP contribution in [0.5, 0.6) is 0 Å². The van der Waals surface area contributed by atoms with E-state index in [0.29, 0.717) is 0 Å². The molecule has 5 heteroatoms. The van der Waals surface area contributed by atoms with Gasteiger partial charge in [-0.15, -0.1) is 0 Å². The summed E-state index contributed by atoms with van der Waals surface area (Å²) in [6, 6.07) is 1.54. The Labute approximate surface area is 124 Å². The lowest BCUT2D eigenvalue weighted by atomic mass is 9.78. The zero-order valence-corrected chi connectivity index (χ0v) is 12.6. The maximum absolute atomic E-state index is 14.1. The second-order valence-electron chi connectivity index (χ2n) is 6.15.